The molecule has 3 nitrogen and oxygen atoms in total. The van der Waals surface area contributed by atoms with Gasteiger partial charge in [0.25, 0.3) is 6.26 Å². The SMILES string of the molecule is CCCCC(=O)OC#N.[SeH2]. The zero-order valence-corrected chi connectivity index (χ0v) is 7.98. The Bertz CT molecular complexity index is 130. The molecule has 0 aliphatic rings. The van der Waals surface area contributed by atoms with Crippen molar-refractivity contribution >= 4 is 23.0 Å². The summed E-state index contributed by atoms with van der Waals surface area (Å²) >= 11 is 0. The van der Waals surface area contributed by atoms with Crippen LogP contribution < -0.4 is 0 Å². The number of ether oxygens (including phenoxy) is 1. The summed E-state index contributed by atoms with van der Waals surface area (Å²) < 4.78 is 4.01. The second-order valence-electron chi connectivity index (χ2n) is 1.67. The Morgan fingerprint density at radius 3 is 2.70 bits per heavy atom. The Morgan fingerprint density at radius 1 is 1.70 bits per heavy atom. The van der Waals surface area contributed by atoms with Gasteiger partial charge in [0.2, 0.25) is 0 Å². The number of carbonyl (C=O) groups is 1. The van der Waals surface area contributed by atoms with E-state index in [2.05, 4.69) is 4.74 Å². The molecule has 0 aromatic carbocycles. The third kappa shape index (κ3) is 7.48. The van der Waals surface area contributed by atoms with Crippen molar-refractivity contribution in [2.24, 2.45) is 0 Å². The van der Waals surface area contributed by atoms with Crippen LogP contribution in [0, 0.1) is 11.5 Å². The summed E-state index contributed by atoms with van der Waals surface area (Å²) in [5, 5.41) is 7.84. The van der Waals surface area contributed by atoms with Crippen LogP contribution in [0.4, 0.5) is 0 Å². The molecule has 0 aliphatic carbocycles. The molecule has 10 heavy (non-hydrogen) atoms. The van der Waals surface area contributed by atoms with Crippen molar-refractivity contribution in [3.63, 3.8) is 0 Å². The predicted octanol–water partition coefficient (Wildman–Crippen LogP) is 0.285. The van der Waals surface area contributed by atoms with Gasteiger partial charge in [-0.3, -0.25) is 4.79 Å². The van der Waals surface area contributed by atoms with Crippen LogP contribution in [-0.4, -0.2) is 23.0 Å². The number of nitriles is 1. The number of rotatable bonds is 3. The van der Waals surface area contributed by atoms with Gasteiger partial charge in [-0.15, -0.1) is 5.26 Å². The summed E-state index contributed by atoms with van der Waals surface area (Å²) in [7, 11) is 0. The Labute approximate surface area is 70.8 Å². The van der Waals surface area contributed by atoms with Gasteiger partial charge in [-0.25, -0.2) is 0 Å². The quantitative estimate of drug-likeness (QED) is 0.380. The number of hydrogen-bond acceptors (Lipinski definition) is 3. The topological polar surface area (TPSA) is 50.1 Å². The van der Waals surface area contributed by atoms with E-state index in [1.807, 2.05) is 6.92 Å². The van der Waals surface area contributed by atoms with Gasteiger partial charge in [-0.1, -0.05) is 13.3 Å². The maximum absolute atomic E-state index is 10.4. The molecule has 0 heterocycles. The van der Waals surface area contributed by atoms with Crippen molar-refractivity contribution in [2.75, 3.05) is 0 Å². The molecule has 58 valence electrons. The first kappa shape index (κ1) is 12.2. The molecule has 0 aromatic heterocycles. The maximum atomic E-state index is 10.4. The van der Waals surface area contributed by atoms with Crippen molar-refractivity contribution in [1.29, 1.82) is 5.26 Å². The molecule has 0 spiro atoms. The zero-order valence-electron chi connectivity index (χ0n) is 5.89. The van der Waals surface area contributed by atoms with Crippen LogP contribution >= 0.6 is 0 Å². The molecule has 0 radical (unpaired) electrons. The first-order valence-corrected chi connectivity index (χ1v) is 2.90. The number of hydrogen-bond donors (Lipinski definition) is 0. The molecule has 4 heteroatoms. The van der Waals surface area contributed by atoms with Crippen LogP contribution in [-0.2, 0) is 9.53 Å². The van der Waals surface area contributed by atoms with E-state index in [0.29, 0.717) is 6.42 Å². The molecule has 0 aliphatic heterocycles. The number of carbonyl (C=O) groups excluding carboxylic acids is 1. The van der Waals surface area contributed by atoms with E-state index in [1.54, 1.807) is 0 Å². The Morgan fingerprint density at radius 2 is 2.30 bits per heavy atom. The van der Waals surface area contributed by atoms with E-state index in [0.717, 1.165) is 12.8 Å². The van der Waals surface area contributed by atoms with Gasteiger partial charge in [0.15, 0.2) is 0 Å². The molecule has 0 unspecified atom stereocenters. The van der Waals surface area contributed by atoms with Crippen molar-refractivity contribution < 1.29 is 9.53 Å². The Kier molecular flexibility index (Phi) is 10.3. The van der Waals surface area contributed by atoms with Crippen LogP contribution in [0.15, 0.2) is 0 Å². The zero-order chi connectivity index (χ0) is 7.11. The minimum atomic E-state index is -0.431. The van der Waals surface area contributed by atoms with Crippen LogP contribution in [0.3, 0.4) is 0 Å². The van der Waals surface area contributed by atoms with Gasteiger partial charge in [0.1, 0.15) is 0 Å². The standard InChI is InChI=1S/C6H9NO2.H2Se/c1-2-3-4-6(8)9-5-7;/h2-4H2,1H3;1H2. The van der Waals surface area contributed by atoms with E-state index in [-0.39, 0.29) is 17.1 Å². The summed E-state index contributed by atoms with van der Waals surface area (Å²) in [4.78, 5) is 10.4. The van der Waals surface area contributed by atoms with Gasteiger partial charge in [0, 0.05) is 6.42 Å². The minimum absolute atomic E-state index is 0. The summed E-state index contributed by atoms with van der Waals surface area (Å²) in [6.45, 7) is 1.97. The number of nitrogens with zero attached hydrogens (tertiary/aromatic N) is 1. The Hall–Kier alpha value is -0.521. The predicted molar refractivity (Wildman–Crippen MR) is 39.8 cm³/mol. The first-order valence-electron chi connectivity index (χ1n) is 2.90. The van der Waals surface area contributed by atoms with Crippen LogP contribution in [0.2, 0.25) is 0 Å². The van der Waals surface area contributed by atoms with Crippen LogP contribution in [0.25, 0.3) is 0 Å². The molecular formula is C6H11NO2Se. The fourth-order valence-electron chi connectivity index (χ4n) is 0.423. The fourth-order valence-corrected chi connectivity index (χ4v) is 0.423. The average Bonchev–Trinajstić information content (AvgIpc) is 1.85. The van der Waals surface area contributed by atoms with Crippen molar-refractivity contribution in [3.8, 4) is 6.26 Å². The molecule has 0 aromatic rings. The van der Waals surface area contributed by atoms with E-state index in [1.165, 1.54) is 6.26 Å². The molecule has 0 amide bonds. The second kappa shape index (κ2) is 8.48. The van der Waals surface area contributed by atoms with Crippen LogP contribution in [0.1, 0.15) is 26.2 Å². The van der Waals surface area contributed by atoms with Gasteiger partial charge in [-0.2, -0.15) is 0 Å². The molecular weight excluding hydrogens is 197 g/mol. The third-order valence-corrected chi connectivity index (χ3v) is 0.894. The van der Waals surface area contributed by atoms with E-state index >= 15 is 0 Å². The molecule has 0 saturated carbocycles. The monoisotopic (exact) mass is 209 g/mol. The van der Waals surface area contributed by atoms with Crippen LogP contribution in [0.5, 0.6) is 0 Å². The van der Waals surface area contributed by atoms with Gasteiger partial charge in [-0.05, 0) is 6.42 Å². The molecule has 0 bridgehead atoms. The first-order chi connectivity index (χ1) is 4.31. The van der Waals surface area contributed by atoms with E-state index in [9.17, 15) is 4.79 Å². The number of esters is 1. The fraction of sp³-hybridized carbons (Fsp3) is 0.667. The van der Waals surface area contributed by atoms with Gasteiger partial charge >= 0.3 is 23.0 Å². The molecule has 0 rings (SSSR count). The molecule has 0 saturated heterocycles. The molecule has 0 fully saturated rings. The summed E-state index contributed by atoms with van der Waals surface area (Å²) in [6, 6.07) is 0. The van der Waals surface area contributed by atoms with E-state index in [4.69, 9.17) is 5.26 Å². The van der Waals surface area contributed by atoms with Crippen molar-refractivity contribution in [2.45, 2.75) is 26.2 Å². The van der Waals surface area contributed by atoms with Gasteiger partial charge in [0.05, 0.1) is 0 Å². The van der Waals surface area contributed by atoms with Gasteiger partial charge < -0.3 is 4.74 Å². The molecule has 0 atom stereocenters. The summed E-state index contributed by atoms with van der Waals surface area (Å²) in [6.07, 6.45) is 3.42. The number of unbranched alkanes of at least 4 members (excludes halogenated alkanes) is 1. The van der Waals surface area contributed by atoms with Crippen molar-refractivity contribution in [1.82, 2.24) is 0 Å². The average molecular weight is 208 g/mol. The summed E-state index contributed by atoms with van der Waals surface area (Å²) in [5.41, 5.74) is 0. The normalized spacial score (nSPS) is 7.20. The summed E-state index contributed by atoms with van der Waals surface area (Å²) in [5.74, 6) is -0.431. The second-order valence-corrected chi connectivity index (χ2v) is 1.67. The third-order valence-electron chi connectivity index (χ3n) is 0.894. The Balaban J connectivity index is 0. The van der Waals surface area contributed by atoms with E-state index < -0.39 is 5.97 Å². The molecule has 0 N–H and O–H groups in total. The van der Waals surface area contributed by atoms with Crippen molar-refractivity contribution in [3.05, 3.63) is 0 Å².